The maximum absolute atomic E-state index is 5.68. The molecule has 0 atom stereocenters. The van der Waals surface area contributed by atoms with Gasteiger partial charge in [0.25, 0.3) is 0 Å². The number of hydrogen-bond donors (Lipinski definition) is 0. The zero-order chi connectivity index (χ0) is 9.54. The van der Waals surface area contributed by atoms with Gasteiger partial charge in [0.05, 0.1) is 0 Å². The molecule has 2 aromatic carbocycles. The minimum absolute atomic E-state index is 0.914. The summed E-state index contributed by atoms with van der Waals surface area (Å²) in [6.07, 6.45) is 0. The third-order valence-electron chi connectivity index (χ3n) is 2.43. The molecule has 0 aliphatic heterocycles. The Morgan fingerprint density at radius 1 is 1.00 bits per heavy atom. The molecule has 1 heterocycles. The Balaban J connectivity index is 2.58. The number of para-hydroxylation sites is 1. The van der Waals surface area contributed by atoms with E-state index in [1.807, 2.05) is 37.3 Å². The highest BCUT2D eigenvalue weighted by atomic mass is 16.3. The second-order valence-corrected chi connectivity index (χ2v) is 3.48. The lowest BCUT2D eigenvalue weighted by atomic mass is 10.1. The van der Waals surface area contributed by atoms with Gasteiger partial charge in [-0.25, -0.2) is 0 Å². The van der Waals surface area contributed by atoms with E-state index in [2.05, 4.69) is 12.1 Å². The van der Waals surface area contributed by atoms with Gasteiger partial charge in [0, 0.05) is 10.8 Å². The summed E-state index contributed by atoms with van der Waals surface area (Å²) in [6.45, 7) is 2.04. The van der Waals surface area contributed by atoms with Crippen LogP contribution in [0, 0.1) is 13.0 Å². The number of benzene rings is 2. The van der Waals surface area contributed by atoms with Crippen LogP contribution in [0.15, 0.2) is 40.8 Å². The number of rotatable bonds is 0. The van der Waals surface area contributed by atoms with Crippen molar-refractivity contribution in [3.63, 3.8) is 0 Å². The zero-order valence-corrected chi connectivity index (χ0v) is 7.87. The Kier molecular flexibility index (Phi) is 1.42. The van der Waals surface area contributed by atoms with Gasteiger partial charge in [0.15, 0.2) is 0 Å². The first-order valence-electron chi connectivity index (χ1n) is 4.65. The topological polar surface area (TPSA) is 13.1 Å². The molecule has 0 unspecified atom stereocenters. The third kappa shape index (κ3) is 0.956. The molecule has 67 valence electrons. The average Bonchev–Trinajstić information content (AvgIpc) is 2.56. The van der Waals surface area contributed by atoms with Gasteiger partial charge in [-0.2, -0.15) is 0 Å². The summed E-state index contributed by atoms with van der Waals surface area (Å²) < 4.78 is 5.68. The second-order valence-electron chi connectivity index (χ2n) is 3.48. The van der Waals surface area contributed by atoms with Crippen molar-refractivity contribution < 1.29 is 4.42 Å². The number of furan rings is 1. The van der Waals surface area contributed by atoms with Crippen LogP contribution in [0.5, 0.6) is 0 Å². The molecule has 1 radical (unpaired) electrons. The first-order valence-corrected chi connectivity index (χ1v) is 4.65. The van der Waals surface area contributed by atoms with Crippen molar-refractivity contribution >= 4 is 21.9 Å². The minimum Gasteiger partial charge on any atom is -0.456 e. The van der Waals surface area contributed by atoms with Crippen molar-refractivity contribution in [1.82, 2.24) is 0 Å². The summed E-state index contributed by atoms with van der Waals surface area (Å²) in [7, 11) is 0. The van der Waals surface area contributed by atoms with E-state index in [1.165, 1.54) is 0 Å². The zero-order valence-electron chi connectivity index (χ0n) is 7.87. The normalized spacial score (nSPS) is 11.2. The van der Waals surface area contributed by atoms with Crippen molar-refractivity contribution in [3.05, 3.63) is 48.0 Å². The van der Waals surface area contributed by atoms with Crippen LogP contribution in [0.2, 0.25) is 0 Å². The van der Waals surface area contributed by atoms with Crippen LogP contribution in [-0.4, -0.2) is 0 Å². The van der Waals surface area contributed by atoms with E-state index < -0.39 is 0 Å². The first kappa shape index (κ1) is 7.63. The van der Waals surface area contributed by atoms with Crippen LogP contribution in [-0.2, 0) is 0 Å². The van der Waals surface area contributed by atoms with Gasteiger partial charge in [-0.3, -0.25) is 0 Å². The van der Waals surface area contributed by atoms with Crippen LogP contribution >= 0.6 is 0 Å². The summed E-state index contributed by atoms with van der Waals surface area (Å²) in [6, 6.07) is 15.4. The van der Waals surface area contributed by atoms with Gasteiger partial charge in [-0.1, -0.05) is 24.3 Å². The molecule has 0 N–H and O–H groups in total. The van der Waals surface area contributed by atoms with E-state index in [-0.39, 0.29) is 0 Å². The van der Waals surface area contributed by atoms with Gasteiger partial charge in [0.2, 0.25) is 0 Å². The van der Waals surface area contributed by atoms with Crippen LogP contribution in [0.1, 0.15) is 5.56 Å². The second kappa shape index (κ2) is 2.61. The SMILES string of the molecule is Cc1[c]c2c(cc1)oc1ccccc12. The van der Waals surface area contributed by atoms with E-state index >= 15 is 0 Å². The molecule has 1 nitrogen and oxygen atoms in total. The molecular formula is C13H9O. The fourth-order valence-corrected chi connectivity index (χ4v) is 1.75. The predicted molar refractivity (Wildman–Crippen MR) is 57.3 cm³/mol. The molecule has 3 rings (SSSR count). The molecule has 1 heteroatoms. The quantitative estimate of drug-likeness (QED) is 0.515. The summed E-state index contributed by atoms with van der Waals surface area (Å²) >= 11 is 0. The summed E-state index contributed by atoms with van der Waals surface area (Å²) in [5, 5.41) is 2.23. The Labute approximate surface area is 82.0 Å². The molecule has 0 aliphatic carbocycles. The van der Waals surface area contributed by atoms with Gasteiger partial charge < -0.3 is 4.42 Å². The van der Waals surface area contributed by atoms with Crippen LogP contribution in [0.3, 0.4) is 0 Å². The van der Waals surface area contributed by atoms with E-state index in [0.29, 0.717) is 0 Å². The Morgan fingerprint density at radius 3 is 2.79 bits per heavy atom. The molecule has 0 aliphatic rings. The number of hydrogen-bond acceptors (Lipinski definition) is 1. The highest BCUT2D eigenvalue weighted by Crippen LogP contribution is 2.28. The fraction of sp³-hybridized carbons (Fsp3) is 0.0769. The van der Waals surface area contributed by atoms with Crippen LogP contribution in [0.25, 0.3) is 21.9 Å². The van der Waals surface area contributed by atoms with Crippen LogP contribution < -0.4 is 0 Å². The Hall–Kier alpha value is -1.76. The minimum atomic E-state index is 0.914. The molecule has 0 bridgehead atoms. The van der Waals surface area contributed by atoms with Crippen molar-refractivity contribution in [2.75, 3.05) is 0 Å². The molecule has 0 amide bonds. The summed E-state index contributed by atoms with van der Waals surface area (Å²) in [4.78, 5) is 0. The molecule has 0 saturated heterocycles. The van der Waals surface area contributed by atoms with Gasteiger partial charge in [0.1, 0.15) is 11.2 Å². The lowest BCUT2D eigenvalue weighted by molar-refractivity contribution is 0.669. The lowest BCUT2D eigenvalue weighted by Crippen LogP contribution is -1.70. The van der Waals surface area contributed by atoms with Gasteiger partial charge >= 0.3 is 0 Å². The summed E-state index contributed by atoms with van der Waals surface area (Å²) in [5.41, 5.74) is 2.99. The van der Waals surface area contributed by atoms with Gasteiger partial charge in [-0.05, 0) is 30.7 Å². The maximum atomic E-state index is 5.68. The largest absolute Gasteiger partial charge is 0.456 e. The molecule has 1 aromatic heterocycles. The number of fused-ring (bicyclic) bond motifs is 3. The van der Waals surface area contributed by atoms with Crippen molar-refractivity contribution in [3.8, 4) is 0 Å². The van der Waals surface area contributed by atoms with E-state index in [1.54, 1.807) is 0 Å². The molecule has 0 fully saturated rings. The van der Waals surface area contributed by atoms with Crippen LogP contribution in [0.4, 0.5) is 0 Å². The smallest absolute Gasteiger partial charge is 0.136 e. The molecular weight excluding hydrogens is 172 g/mol. The molecule has 14 heavy (non-hydrogen) atoms. The third-order valence-corrected chi connectivity index (χ3v) is 2.43. The van der Waals surface area contributed by atoms with E-state index in [9.17, 15) is 0 Å². The lowest BCUT2D eigenvalue weighted by Gasteiger charge is -1.90. The standard InChI is InChI=1S/C13H9O/c1-9-6-7-13-11(8-9)10-4-2-3-5-12(10)14-13/h2-7H,1H3. The van der Waals surface area contributed by atoms with Crippen molar-refractivity contribution in [2.45, 2.75) is 6.92 Å². The average molecular weight is 181 g/mol. The monoisotopic (exact) mass is 181 g/mol. The van der Waals surface area contributed by atoms with E-state index in [0.717, 1.165) is 27.5 Å². The summed E-state index contributed by atoms with van der Waals surface area (Å²) in [5.74, 6) is 0. The highest BCUT2D eigenvalue weighted by molar-refractivity contribution is 6.04. The molecule has 3 aromatic rings. The number of aryl methyl sites for hydroxylation is 1. The molecule has 0 saturated carbocycles. The molecule has 0 spiro atoms. The maximum Gasteiger partial charge on any atom is 0.136 e. The Bertz CT molecular complexity index is 605. The first-order chi connectivity index (χ1) is 6.84. The van der Waals surface area contributed by atoms with Crippen molar-refractivity contribution in [1.29, 1.82) is 0 Å². The fourth-order valence-electron chi connectivity index (χ4n) is 1.75. The highest BCUT2D eigenvalue weighted by Gasteiger charge is 2.05. The predicted octanol–water partition coefficient (Wildman–Crippen LogP) is 3.69. The Morgan fingerprint density at radius 2 is 1.86 bits per heavy atom. The van der Waals surface area contributed by atoms with Crippen molar-refractivity contribution in [2.24, 2.45) is 0 Å². The van der Waals surface area contributed by atoms with E-state index in [4.69, 9.17) is 4.42 Å². The van der Waals surface area contributed by atoms with Gasteiger partial charge in [-0.15, -0.1) is 0 Å².